The summed E-state index contributed by atoms with van der Waals surface area (Å²) in [6.45, 7) is 0. The van der Waals surface area contributed by atoms with Gasteiger partial charge in [0.25, 0.3) is 0 Å². The lowest BCUT2D eigenvalue weighted by atomic mass is 10.5. The maximum atomic E-state index is 8.32. The molecule has 0 aromatic carbocycles. The molecular weight excluding hydrogens is 92.1 g/mol. The minimum absolute atomic E-state index is 0.199. The molecule has 0 radical (unpaired) electrons. The molecule has 0 aliphatic carbocycles. The number of allylic oxidation sites excluding steroid dienone is 2. The van der Waals surface area contributed by atoms with Gasteiger partial charge in [0.05, 0.1) is 6.21 Å². The molecule has 3 nitrogen and oxygen atoms in total. The second-order valence-electron chi connectivity index (χ2n) is 0.903. The van der Waals surface area contributed by atoms with Gasteiger partial charge in [-0.1, -0.05) is 0 Å². The average Bonchev–Trinajstić information content (AvgIpc) is 1.68. The third-order valence-corrected chi connectivity index (χ3v) is 0.402. The summed E-state index contributed by atoms with van der Waals surface area (Å²) >= 11 is 0. The number of rotatable bonds is 2. The Hall–Kier alpha value is -1.12. The first-order valence-electron chi connectivity index (χ1n) is 1.71. The fraction of sp³-hybridized carbons (Fsp3) is 0. The Balaban J connectivity index is 3.72. The van der Waals surface area contributed by atoms with Gasteiger partial charge in [-0.2, -0.15) is 0 Å². The number of aliphatic hydroxyl groups excluding tert-OH is 1. The van der Waals surface area contributed by atoms with Gasteiger partial charge in [-0.05, 0) is 6.08 Å². The molecule has 3 heteroatoms. The summed E-state index contributed by atoms with van der Waals surface area (Å²) in [5.41, 5.74) is 0. The fourth-order valence-corrected chi connectivity index (χ4v) is 0.133. The summed E-state index contributed by atoms with van der Waals surface area (Å²) in [6, 6.07) is 0. The van der Waals surface area contributed by atoms with Crippen molar-refractivity contribution in [3.8, 4) is 0 Å². The van der Waals surface area contributed by atoms with Crippen LogP contribution in [0.15, 0.2) is 11.8 Å². The van der Waals surface area contributed by atoms with Crippen LogP contribution in [0.5, 0.6) is 0 Å². The van der Waals surface area contributed by atoms with Crippen molar-refractivity contribution >= 4 is 12.4 Å². The lowest BCUT2D eigenvalue weighted by Crippen LogP contribution is -1.78. The van der Waals surface area contributed by atoms with Crippen molar-refractivity contribution < 1.29 is 5.11 Å². The lowest BCUT2D eigenvalue weighted by Gasteiger charge is -1.78. The highest BCUT2D eigenvalue weighted by Crippen LogP contribution is 1.74. The molecule has 0 saturated carbocycles. The summed E-state index contributed by atoms with van der Waals surface area (Å²) in [6.07, 6.45) is 2.80. The first-order chi connectivity index (χ1) is 3.31. The van der Waals surface area contributed by atoms with Crippen molar-refractivity contribution in [3.63, 3.8) is 0 Å². The average molecular weight is 98.1 g/mol. The molecule has 0 amide bonds. The quantitative estimate of drug-likeness (QED) is 0.346. The minimum Gasteiger partial charge on any atom is -0.506 e. The first-order valence-corrected chi connectivity index (χ1v) is 1.71. The zero-order chi connectivity index (χ0) is 5.70. The molecule has 0 aliphatic rings. The van der Waals surface area contributed by atoms with Crippen molar-refractivity contribution in [2.75, 3.05) is 0 Å². The van der Waals surface area contributed by atoms with Crippen LogP contribution < -0.4 is 0 Å². The molecule has 0 bridgehead atoms. The van der Waals surface area contributed by atoms with E-state index in [1.54, 1.807) is 0 Å². The molecule has 7 heavy (non-hydrogen) atoms. The molecule has 0 atom stereocenters. The van der Waals surface area contributed by atoms with E-state index in [2.05, 4.69) is 0 Å². The van der Waals surface area contributed by atoms with Gasteiger partial charge in [-0.25, -0.2) is 0 Å². The van der Waals surface area contributed by atoms with Crippen LogP contribution in [-0.4, -0.2) is 17.5 Å². The van der Waals surface area contributed by atoms with Crippen molar-refractivity contribution in [3.05, 3.63) is 11.8 Å². The van der Waals surface area contributed by atoms with Crippen LogP contribution in [0.25, 0.3) is 0 Å². The van der Waals surface area contributed by atoms with Crippen molar-refractivity contribution in [2.24, 2.45) is 0 Å². The van der Waals surface area contributed by atoms with Crippen LogP contribution in [0.3, 0.4) is 0 Å². The number of nitrogens with one attached hydrogen (secondary N) is 2. The van der Waals surface area contributed by atoms with Crippen molar-refractivity contribution in [2.45, 2.75) is 0 Å². The predicted octanol–water partition coefficient (Wildman–Crippen LogP) is 0.727. The Kier molecular flexibility index (Phi) is 2.59. The number of aliphatic hydroxyl groups is 1. The van der Waals surface area contributed by atoms with Gasteiger partial charge in [0.2, 0.25) is 0 Å². The van der Waals surface area contributed by atoms with Gasteiger partial charge in [0, 0.05) is 6.21 Å². The number of hydrogen-bond acceptors (Lipinski definition) is 3. The molecule has 0 unspecified atom stereocenters. The van der Waals surface area contributed by atoms with E-state index in [1.807, 2.05) is 0 Å². The topological polar surface area (TPSA) is 67.9 Å². The lowest BCUT2D eigenvalue weighted by molar-refractivity contribution is 0.447. The van der Waals surface area contributed by atoms with Crippen molar-refractivity contribution in [1.82, 2.24) is 0 Å². The molecule has 0 spiro atoms. The SMILES string of the molecule is N=C/C=C(/O)C=N. The Bertz CT molecular complexity index is 106. The maximum Gasteiger partial charge on any atom is 0.134 e. The van der Waals surface area contributed by atoms with Gasteiger partial charge in [-0.3, -0.25) is 0 Å². The van der Waals surface area contributed by atoms with Crippen LogP contribution in [0.4, 0.5) is 0 Å². The Morgan fingerprint density at radius 3 is 2.14 bits per heavy atom. The Labute approximate surface area is 41.3 Å². The fourth-order valence-electron chi connectivity index (χ4n) is 0.133. The van der Waals surface area contributed by atoms with E-state index in [4.69, 9.17) is 15.9 Å². The summed E-state index contributed by atoms with van der Waals surface area (Å²) in [5, 5.41) is 21.1. The summed E-state index contributed by atoms with van der Waals surface area (Å²) < 4.78 is 0. The molecule has 38 valence electrons. The summed E-state index contributed by atoms with van der Waals surface area (Å²) in [5.74, 6) is -0.199. The summed E-state index contributed by atoms with van der Waals surface area (Å²) in [7, 11) is 0. The van der Waals surface area contributed by atoms with Gasteiger partial charge < -0.3 is 15.9 Å². The van der Waals surface area contributed by atoms with Gasteiger partial charge in [-0.15, -0.1) is 0 Å². The van der Waals surface area contributed by atoms with Crippen LogP contribution in [0.1, 0.15) is 0 Å². The molecule has 3 N–H and O–H groups in total. The molecule has 0 aliphatic heterocycles. The van der Waals surface area contributed by atoms with Crippen LogP contribution >= 0.6 is 0 Å². The highest BCUT2D eigenvalue weighted by Gasteiger charge is 1.75. The van der Waals surface area contributed by atoms with E-state index in [0.29, 0.717) is 0 Å². The van der Waals surface area contributed by atoms with E-state index in [1.165, 1.54) is 0 Å². The van der Waals surface area contributed by atoms with Crippen LogP contribution in [0, 0.1) is 10.8 Å². The van der Waals surface area contributed by atoms with Crippen molar-refractivity contribution in [1.29, 1.82) is 10.8 Å². The van der Waals surface area contributed by atoms with E-state index in [0.717, 1.165) is 18.5 Å². The normalized spacial score (nSPS) is 10.6. The molecule has 0 rings (SSSR count). The molecule has 0 saturated heterocycles. The van der Waals surface area contributed by atoms with Gasteiger partial charge in [0.15, 0.2) is 0 Å². The number of hydrogen-bond donors (Lipinski definition) is 3. The van der Waals surface area contributed by atoms with E-state index >= 15 is 0 Å². The van der Waals surface area contributed by atoms with E-state index < -0.39 is 0 Å². The molecule has 0 aromatic heterocycles. The Morgan fingerprint density at radius 1 is 1.43 bits per heavy atom. The maximum absolute atomic E-state index is 8.32. The molecular formula is C4H6N2O. The zero-order valence-electron chi connectivity index (χ0n) is 3.68. The highest BCUT2D eigenvalue weighted by molar-refractivity contribution is 5.81. The van der Waals surface area contributed by atoms with Gasteiger partial charge >= 0.3 is 0 Å². The molecule has 0 heterocycles. The highest BCUT2D eigenvalue weighted by atomic mass is 16.3. The standard InChI is InChI=1S/C4H6N2O/c5-2-1-4(7)3-6/h1-3,5-7H/b4-1+,5-2?,6-3?. The molecule has 0 fully saturated rings. The van der Waals surface area contributed by atoms with Crippen LogP contribution in [0.2, 0.25) is 0 Å². The van der Waals surface area contributed by atoms with E-state index in [9.17, 15) is 0 Å². The minimum atomic E-state index is -0.199. The smallest absolute Gasteiger partial charge is 0.134 e. The van der Waals surface area contributed by atoms with Crippen LogP contribution in [-0.2, 0) is 0 Å². The monoisotopic (exact) mass is 98.0 g/mol. The summed E-state index contributed by atoms with van der Waals surface area (Å²) in [4.78, 5) is 0. The Morgan fingerprint density at radius 2 is 2.00 bits per heavy atom. The third kappa shape index (κ3) is 2.69. The molecule has 0 aromatic rings. The second-order valence-corrected chi connectivity index (χ2v) is 0.903. The van der Waals surface area contributed by atoms with Gasteiger partial charge in [0.1, 0.15) is 5.76 Å². The third-order valence-electron chi connectivity index (χ3n) is 0.402. The first kappa shape index (κ1) is 5.88. The second kappa shape index (κ2) is 3.08. The predicted molar refractivity (Wildman–Crippen MR) is 28.3 cm³/mol. The van der Waals surface area contributed by atoms with E-state index in [-0.39, 0.29) is 5.76 Å². The largest absolute Gasteiger partial charge is 0.506 e. The zero-order valence-corrected chi connectivity index (χ0v) is 3.68.